The molecule has 0 aliphatic heterocycles. The number of rotatable bonds is 6. The monoisotopic (exact) mass is 430 g/mol. The minimum atomic E-state index is 0.0237. The molecule has 0 saturated carbocycles. The van der Waals surface area contributed by atoms with Crippen LogP contribution in [0.4, 0.5) is 0 Å². The summed E-state index contributed by atoms with van der Waals surface area (Å²) in [5.41, 5.74) is 8.51. The first-order valence-electron chi connectivity index (χ1n) is 11.3. The van der Waals surface area contributed by atoms with Crippen molar-refractivity contribution in [2.45, 2.75) is 20.1 Å². The first-order chi connectivity index (χ1) is 16.3. The van der Waals surface area contributed by atoms with Gasteiger partial charge in [-0.25, -0.2) is 4.98 Å². The second kappa shape index (κ2) is 9.27. The van der Waals surface area contributed by atoms with E-state index in [0.29, 0.717) is 0 Å². The molecule has 5 aromatic rings. The van der Waals surface area contributed by atoms with Crippen LogP contribution in [0.2, 0.25) is 0 Å². The van der Waals surface area contributed by atoms with Crippen LogP contribution in [-0.2, 0) is 13.2 Å². The smallest absolute Gasteiger partial charge is 0.141 e. The van der Waals surface area contributed by atoms with E-state index in [-0.39, 0.29) is 6.61 Å². The van der Waals surface area contributed by atoms with Crippen LogP contribution < -0.4 is 0 Å². The van der Waals surface area contributed by atoms with E-state index in [1.807, 2.05) is 30.3 Å². The zero-order valence-electron chi connectivity index (χ0n) is 18.6. The SMILES string of the molecule is CCn1c(-c2ccccc2-c2cccc(CO)c2)nc(-c2ccccc2)c1-c1ccccc1. The number of imidazole rings is 1. The molecule has 0 radical (unpaired) electrons. The molecule has 5 rings (SSSR count). The van der Waals surface area contributed by atoms with Crippen molar-refractivity contribution in [3.05, 3.63) is 115 Å². The molecule has 1 N–H and O–H groups in total. The first kappa shape index (κ1) is 20.9. The van der Waals surface area contributed by atoms with Crippen molar-refractivity contribution in [2.24, 2.45) is 0 Å². The Balaban J connectivity index is 1.78. The fourth-order valence-electron chi connectivity index (χ4n) is 4.42. The maximum atomic E-state index is 9.65. The summed E-state index contributed by atoms with van der Waals surface area (Å²) in [6, 6.07) is 37.3. The van der Waals surface area contributed by atoms with Gasteiger partial charge >= 0.3 is 0 Å². The van der Waals surface area contributed by atoms with Crippen molar-refractivity contribution in [3.63, 3.8) is 0 Å². The molecule has 0 amide bonds. The van der Waals surface area contributed by atoms with E-state index in [0.717, 1.165) is 57.1 Å². The fourth-order valence-corrected chi connectivity index (χ4v) is 4.42. The van der Waals surface area contributed by atoms with Gasteiger partial charge in [-0.3, -0.25) is 0 Å². The molecule has 3 heteroatoms. The minimum Gasteiger partial charge on any atom is -0.392 e. The number of aromatic nitrogens is 2. The average Bonchev–Trinajstić information content (AvgIpc) is 3.29. The second-order valence-electron chi connectivity index (χ2n) is 8.01. The molecule has 0 spiro atoms. The summed E-state index contributed by atoms with van der Waals surface area (Å²) in [7, 11) is 0. The lowest BCUT2D eigenvalue weighted by atomic mass is 9.97. The van der Waals surface area contributed by atoms with Gasteiger partial charge in [0.2, 0.25) is 0 Å². The van der Waals surface area contributed by atoms with Crippen molar-refractivity contribution >= 4 is 0 Å². The molecule has 0 atom stereocenters. The highest BCUT2D eigenvalue weighted by atomic mass is 16.3. The molecule has 1 heterocycles. The van der Waals surface area contributed by atoms with Crippen LogP contribution in [-0.4, -0.2) is 14.7 Å². The van der Waals surface area contributed by atoms with Gasteiger partial charge in [0.05, 0.1) is 18.0 Å². The summed E-state index contributed by atoms with van der Waals surface area (Å²) in [6.45, 7) is 2.99. The summed E-state index contributed by atoms with van der Waals surface area (Å²) >= 11 is 0. The van der Waals surface area contributed by atoms with Crippen LogP contribution >= 0.6 is 0 Å². The number of nitrogens with zero attached hydrogens (tertiary/aromatic N) is 2. The van der Waals surface area contributed by atoms with Crippen LogP contribution in [0.1, 0.15) is 12.5 Å². The molecule has 162 valence electrons. The molecule has 0 unspecified atom stereocenters. The normalized spacial score (nSPS) is 11.0. The zero-order chi connectivity index (χ0) is 22.6. The van der Waals surface area contributed by atoms with E-state index < -0.39 is 0 Å². The standard InChI is InChI=1S/C30H26N2O/c1-2-32-29(24-15-7-4-8-16-24)28(23-13-5-3-6-14-23)31-30(32)27-19-10-9-18-26(27)25-17-11-12-22(20-25)21-33/h3-20,33H,2,21H2,1H3. The van der Waals surface area contributed by atoms with Gasteiger partial charge in [0.25, 0.3) is 0 Å². The third-order valence-corrected chi connectivity index (χ3v) is 5.97. The van der Waals surface area contributed by atoms with Gasteiger partial charge in [0, 0.05) is 23.2 Å². The predicted octanol–water partition coefficient (Wildman–Crippen LogP) is 7.06. The van der Waals surface area contributed by atoms with E-state index in [1.165, 1.54) is 0 Å². The van der Waals surface area contributed by atoms with Gasteiger partial charge in [0.15, 0.2) is 0 Å². The van der Waals surface area contributed by atoms with E-state index >= 15 is 0 Å². The van der Waals surface area contributed by atoms with Gasteiger partial charge < -0.3 is 9.67 Å². The Kier molecular flexibility index (Phi) is 5.88. The lowest BCUT2D eigenvalue weighted by Crippen LogP contribution is -2.01. The molecule has 33 heavy (non-hydrogen) atoms. The maximum Gasteiger partial charge on any atom is 0.141 e. The first-order valence-corrected chi connectivity index (χ1v) is 11.3. The van der Waals surface area contributed by atoms with Gasteiger partial charge in [-0.2, -0.15) is 0 Å². The van der Waals surface area contributed by atoms with Crippen molar-refractivity contribution in [2.75, 3.05) is 0 Å². The third-order valence-electron chi connectivity index (χ3n) is 5.97. The van der Waals surface area contributed by atoms with Gasteiger partial charge in [-0.15, -0.1) is 0 Å². The molecule has 0 bridgehead atoms. The van der Waals surface area contributed by atoms with Crippen LogP contribution in [0.25, 0.3) is 45.0 Å². The van der Waals surface area contributed by atoms with Crippen LogP contribution in [0.15, 0.2) is 109 Å². The van der Waals surface area contributed by atoms with E-state index in [9.17, 15) is 5.11 Å². The van der Waals surface area contributed by atoms with Gasteiger partial charge in [0.1, 0.15) is 5.82 Å². The molecule has 3 nitrogen and oxygen atoms in total. The van der Waals surface area contributed by atoms with E-state index in [4.69, 9.17) is 4.98 Å². The largest absolute Gasteiger partial charge is 0.392 e. The Morgan fingerprint density at radius 2 is 1.27 bits per heavy atom. The number of hydrogen-bond acceptors (Lipinski definition) is 2. The summed E-state index contributed by atoms with van der Waals surface area (Å²) in [5.74, 6) is 0.945. The summed E-state index contributed by atoms with van der Waals surface area (Å²) < 4.78 is 2.31. The Morgan fingerprint density at radius 1 is 0.667 bits per heavy atom. The summed E-state index contributed by atoms with van der Waals surface area (Å²) in [4.78, 5) is 5.24. The highest BCUT2D eigenvalue weighted by Gasteiger charge is 2.22. The molecular weight excluding hydrogens is 404 g/mol. The molecule has 1 aromatic heterocycles. The number of aliphatic hydroxyl groups excluding tert-OH is 1. The van der Waals surface area contributed by atoms with Crippen LogP contribution in [0, 0.1) is 0 Å². The molecule has 0 fully saturated rings. The van der Waals surface area contributed by atoms with E-state index in [1.54, 1.807) is 0 Å². The zero-order valence-corrected chi connectivity index (χ0v) is 18.6. The molecular formula is C30H26N2O. The topological polar surface area (TPSA) is 38.0 Å². The fraction of sp³-hybridized carbons (Fsp3) is 0.100. The van der Waals surface area contributed by atoms with Crippen molar-refractivity contribution in [1.29, 1.82) is 0 Å². The minimum absolute atomic E-state index is 0.0237. The Morgan fingerprint density at radius 3 is 1.94 bits per heavy atom. The Labute approximate surface area is 194 Å². The lowest BCUT2D eigenvalue weighted by Gasteiger charge is -2.14. The molecule has 4 aromatic carbocycles. The highest BCUT2D eigenvalue weighted by molar-refractivity contribution is 5.87. The molecule has 0 aliphatic rings. The lowest BCUT2D eigenvalue weighted by molar-refractivity contribution is 0.282. The van der Waals surface area contributed by atoms with Crippen LogP contribution in [0.5, 0.6) is 0 Å². The van der Waals surface area contributed by atoms with Crippen LogP contribution in [0.3, 0.4) is 0 Å². The van der Waals surface area contributed by atoms with Gasteiger partial charge in [-0.1, -0.05) is 103 Å². The Hall–Kier alpha value is -3.95. The summed E-state index contributed by atoms with van der Waals surface area (Å²) in [5, 5.41) is 9.65. The Bertz CT molecular complexity index is 1370. The average molecular weight is 431 g/mol. The molecule has 0 saturated heterocycles. The van der Waals surface area contributed by atoms with E-state index in [2.05, 4.69) is 90.4 Å². The quantitative estimate of drug-likeness (QED) is 0.313. The predicted molar refractivity (Wildman–Crippen MR) is 136 cm³/mol. The number of aliphatic hydroxyl groups is 1. The van der Waals surface area contributed by atoms with Crippen molar-refractivity contribution in [3.8, 4) is 45.0 Å². The van der Waals surface area contributed by atoms with Crippen molar-refractivity contribution < 1.29 is 5.11 Å². The highest BCUT2D eigenvalue weighted by Crippen LogP contribution is 2.39. The maximum absolute atomic E-state index is 9.65. The number of benzene rings is 4. The second-order valence-corrected chi connectivity index (χ2v) is 8.01. The molecule has 0 aliphatic carbocycles. The van der Waals surface area contributed by atoms with Gasteiger partial charge in [-0.05, 0) is 29.7 Å². The van der Waals surface area contributed by atoms with Crippen molar-refractivity contribution in [1.82, 2.24) is 9.55 Å². The summed E-state index contributed by atoms with van der Waals surface area (Å²) in [6.07, 6.45) is 0. The number of hydrogen-bond donors (Lipinski definition) is 1. The third kappa shape index (κ3) is 3.99.